The van der Waals surface area contributed by atoms with E-state index in [9.17, 15) is 4.79 Å². The van der Waals surface area contributed by atoms with E-state index < -0.39 is 30.8 Å². The number of nitrogens with one attached hydrogen (secondary N) is 1. The summed E-state index contributed by atoms with van der Waals surface area (Å²) in [5, 5.41) is 2.94. The molecule has 3 N–H and O–H groups in total. The standard InChI is InChI=1S/C21H24N2O5/c1-25-21-17(23-19(24)13-8-4-2-5-9-13)16(22)18-15(27-21)12-26-20(28-18)14-10-6-3-7-11-14/h2-11,15-18,20-21H,12,22H2,1H3,(H,23,24)/t15-,16-,17-,18-,20+,21-/m0/s1. The van der Waals surface area contributed by atoms with Crippen molar-refractivity contribution in [2.24, 2.45) is 5.73 Å². The fourth-order valence-electron chi connectivity index (χ4n) is 3.62. The Bertz CT molecular complexity index is 788. The van der Waals surface area contributed by atoms with Gasteiger partial charge in [-0.2, -0.15) is 0 Å². The number of carbonyl (C=O) groups excluding carboxylic acids is 1. The second-order valence-corrected chi connectivity index (χ2v) is 6.90. The van der Waals surface area contributed by atoms with E-state index >= 15 is 0 Å². The summed E-state index contributed by atoms with van der Waals surface area (Å²) in [5.74, 6) is -0.239. The van der Waals surface area contributed by atoms with Gasteiger partial charge in [0.05, 0.1) is 18.7 Å². The number of amides is 1. The molecule has 0 radical (unpaired) electrons. The van der Waals surface area contributed by atoms with Gasteiger partial charge in [-0.05, 0) is 12.1 Å². The van der Waals surface area contributed by atoms with Gasteiger partial charge in [0.2, 0.25) is 0 Å². The molecule has 0 saturated carbocycles. The first-order valence-electron chi connectivity index (χ1n) is 9.29. The lowest BCUT2D eigenvalue weighted by Gasteiger charge is -2.48. The van der Waals surface area contributed by atoms with Crippen molar-refractivity contribution in [3.8, 4) is 0 Å². The highest BCUT2D eigenvalue weighted by molar-refractivity contribution is 5.94. The smallest absolute Gasteiger partial charge is 0.251 e. The summed E-state index contributed by atoms with van der Waals surface area (Å²) in [6.45, 7) is 0.330. The predicted molar refractivity (Wildman–Crippen MR) is 101 cm³/mol. The Balaban J connectivity index is 1.50. The van der Waals surface area contributed by atoms with Crippen LogP contribution in [0, 0.1) is 0 Å². The molecule has 0 spiro atoms. The van der Waals surface area contributed by atoms with E-state index in [0.29, 0.717) is 12.2 Å². The Hall–Kier alpha value is -2.29. The maximum Gasteiger partial charge on any atom is 0.251 e. The lowest BCUT2D eigenvalue weighted by atomic mass is 9.93. The second-order valence-electron chi connectivity index (χ2n) is 6.90. The molecule has 6 atom stereocenters. The molecule has 0 aromatic heterocycles. The third-order valence-corrected chi connectivity index (χ3v) is 5.09. The van der Waals surface area contributed by atoms with Crippen LogP contribution in [0.4, 0.5) is 0 Å². The quantitative estimate of drug-likeness (QED) is 0.832. The first-order valence-corrected chi connectivity index (χ1v) is 9.29. The number of carbonyl (C=O) groups is 1. The van der Waals surface area contributed by atoms with E-state index in [1.165, 1.54) is 7.11 Å². The van der Waals surface area contributed by atoms with Gasteiger partial charge in [-0.15, -0.1) is 0 Å². The fourth-order valence-corrected chi connectivity index (χ4v) is 3.62. The van der Waals surface area contributed by atoms with Crippen LogP contribution in [0.5, 0.6) is 0 Å². The van der Waals surface area contributed by atoms with Gasteiger partial charge in [0.15, 0.2) is 12.6 Å². The molecule has 28 heavy (non-hydrogen) atoms. The molecule has 2 fully saturated rings. The van der Waals surface area contributed by atoms with Crippen molar-refractivity contribution < 1.29 is 23.7 Å². The first kappa shape index (κ1) is 19.0. The highest BCUT2D eigenvalue weighted by Gasteiger charge is 2.49. The van der Waals surface area contributed by atoms with Gasteiger partial charge in [0, 0.05) is 18.2 Å². The zero-order chi connectivity index (χ0) is 19.5. The van der Waals surface area contributed by atoms with Crippen LogP contribution < -0.4 is 11.1 Å². The second kappa shape index (κ2) is 8.38. The summed E-state index contributed by atoms with van der Waals surface area (Å²) >= 11 is 0. The van der Waals surface area contributed by atoms with Crippen LogP contribution in [-0.4, -0.2) is 50.2 Å². The average molecular weight is 384 g/mol. The number of fused-ring (bicyclic) bond motifs is 1. The van der Waals surface area contributed by atoms with Crippen LogP contribution in [0.15, 0.2) is 60.7 Å². The molecule has 2 heterocycles. The Kier molecular flexibility index (Phi) is 5.70. The van der Waals surface area contributed by atoms with Crippen molar-refractivity contribution in [2.75, 3.05) is 13.7 Å². The van der Waals surface area contributed by atoms with E-state index in [0.717, 1.165) is 5.56 Å². The molecule has 1 amide bonds. The topological polar surface area (TPSA) is 92.0 Å². The van der Waals surface area contributed by atoms with Crippen LogP contribution in [0.1, 0.15) is 22.2 Å². The Morgan fingerprint density at radius 3 is 2.43 bits per heavy atom. The Morgan fingerprint density at radius 1 is 1.07 bits per heavy atom. The molecular weight excluding hydrogens is 360 g/mol. The van der Waals surface area contributed by atoms with Gasteiger partial charge in [0.1, 0.15) is 12.2 Å². The van der Waals surface area contributed by atoms with Crippen molar-refractivity contribution in [2.45, 2.75) is 36.9 Å². The monoisotopic (exact) mass is 384 g/mol. The maximum absolute atomic E-state index is 12.6. The molecule has 2 aromatic carbocycles. The summed E-state index contributed by atoms with van der Waals surface area (Å²) in [7, 11) is 1.52. The highest BCUT2D eigenvalue weighted by atomic mass is 16.7. The van der Waals surface area contributed by atoms with E-state index in [4.69, 9.17) is 24.7 Å². The van der Waals surface area contributed by atoms with Crippen molar-refractivity contribution in [1.29, 1.82) is 0 Å². The van der Waals surface area contributed by atoms with Crippen LogP contribution in [-0.2, 0) is 18.9 Å². The van der Waals surface area contributed by atoms with Gasteiger partial charge in [0.25, 0.3) is 5.91 Å². The molecule has 0 aliphatic carbocycles. The minimum absolute atomic E-state index is 0.239. The normalized spacial score (nSPS) is 32.4. The SMILES string of the molecule is CO[C@H]1O[C@H]2CO[C@@H](c3ccccc3)O[C@@H]2[C@@H](N)[C@@H]1NC(=O)c1ccccc1. The van der Waals surface area contributed by atoms with Crippen LogP contribution >= 0.6 is 0 Å². The molecule has 2 aromatic rings. The van der Waals surface area contributed by atoms with E-state index in [2.05, 4.69) is 5.32 Å². The Labute approximate surface area is 163 Å². The third kappa shape index (κ3) is 3.80. The number of hydrogen-bond donors (Lipinski definition) is 2. The lowest BCUT2D eigenvalue weighted by molar-refractivity contribution is -0.322. The number of hydrogen-bond acceptors (Lipinski definition) is 6. The molecule has 0 unspecified atom stereocenters. The molecule has 4 rings (SSSR count). The van der Waals surface area contributed by atoms with Crippen molar-refractivity contribution >= 4 is 5.91 Å². The van der Waals surface area contributed by atoms with E-state index in [-0.39, 0.29) is 12.0 Å². The number of methoxy groups -OCH3 is 1. The lowest BCUT2D eigenvalue weighted by Crippen LogP contribution is -2.69. The zero-order valence-electron chi connectivity index (χ0n) is 15.6. The van der Waals surface area contributed by atoms with Crippen molar-refractivity contribution in [3.63, 3.8) is 0 Å². The molecule has 2 aliphatic rings. The number of ether oxygens (including phenoxy) is 4. The van der Waals surface area contributed by atoms with Gasteiger partial charge in [-0.25, -0.2) is 0 Å². The summed E-state index contributed by atoms with van der Waals surface area (Å²) in [5.41, 5.74) is 7.96. The minimum atomic E-state index is -0.690. The highest BCUT2D eigenvalue weighted by Crippen LogP contribution is 2.33. The average Bonchev–Trinajstić information content (AvgIpc) is 2.76. The van der Waals surface area contributed by atoms with Gasteiger partial charge in [-0.3, -0.25) is 4.79 Å². The summed E-state index contributed by atoms with van der Waals surface area (Å²) in [6, 6.07) is 17.5. The number of nitrogens with two attached hydrogens (primary N) is 1. The van der Waals surface area contributed by atoms with Gasteiger partial charge in [-0.1, -0.05) is 48.5 Å². The van der Waals surface area contributed by atoms with Gasteiger partial charge < -0.3 is 30.0 Å². The third-order valence-electron chi connectivity index (χ3n) is 5.09. The van der Waals surface area contributed by atoms with Crippen LogP contribution in [0.2, 0.25) is 0 Å². The first-order chi connectivity index (χ1) is 13.7. The number of rotatable bonds is 4. The zero-order valence-corrected chi connectivity index (χ0v) is 15.6. The van der Waals surface area contributed by atoms with Gasteiger partial charge >= 0.3 is 0 Å². The predicted octanol–water partition coefficient (Wildman–Crippen LogP) is 1.60. The van der Waals surface area contributed by atoms with Crippen molar-refractivity contribution in [3.05, 3.63) is 71.8 Å². The van der Waals surface area contributed by atoms with E-state index in [1.54, 1.807) is 12.1 Å². The Morgan fingerprint density at radius 2 is 1.75 bits per heavy atom. The van der Waals surface area contributed by atoms with E-state index in [1.807, 2.05) is 48.5 Å². The minimum Gasteiger partial charge on any atom is -0.354 e. The maximum atomic E-state index is 12.6. The summed E-state index contributed by atoms with van der Waals surface area (Å²) < 4.78 is 23.4. The number of benzene rings is 2. The van der Waals surface area contributed by atoms with Crippen LogP contribution in [0.25, 0.3) is 0 Å². The molecule has 7 nitrogen and oxygen atoms in total. The van der Waals surface area contributed by atoms with Crippen LogP contribution in [0.3, 0.4) is 0 Å². The molecule has 7 heteroatoms. The largest absolute Gasteiger partial charge is 0.354 e. The molecule has 2 saturated heterocycles. The molecule has 0 bridgehead atoms. The fraction of sp³-hybridized carbons (Fsp3) is 0.381. The summed E-state index contributed by atoms with van der Waals surface area (Å²) in [4.78, 5) is 12.6. The van der Waals surface area contributed by atoms with Crippen molar-refractivity contribution in [1.82, 2.24) is 5.32 Å². The summed E-state index contributed by atoms with van der Waals surface area (Å²) in [6.07, 6.45) is -2.03. The molecule has 2 aliphatic heterocycles. The molecule has 148 valence electrons. The molecular formula is C21H24N2O5.